The van der Waals surface area contributed by atoms with Gasteiger partial charge in [0.2, 0.25) is 11.8 Å². The zero-order valence-corrected chi connectivity index (χ0v) is 18.8. The van der Waals surface area contributed by atoms with Gasteiger partial charge in [-0.05, 0) is 30.0 Å². The molecule has 9 nitrogen and oxygen atoms in total. The summed E-state index contributed by atoms with van der Waals surface area (Å²) in [6.07, 6.45) is 0.560. The highest BCUT2D eigenvalue weighted by molar-refractivity contribution is 7.98. The molecule has 33 heavy (non-hydrogen) atoms. The second-order valence-electron chi connectivity index (χ2n) is 8.45. The number of nitrogen functional groups attached to an aromatic ring is 1. The second kappa shape index (κ2) is 8.62. The Balaban J connectivity index is 1.32. The van der Waals surface area contributed by atoms with Gasteiger partial charge in [0, 0.05) is 23.5 Å². The molecule has 0 aromatic heterocycles. The molecule has 2 aromatic carbocycles. The number of amidine groups is 1. The molecule has 0 radical (unpaired) electrons. The fourth-order valence-electron chi connectivity index (χ4n) is 4.05. The summed E-state index contributed by atoms with van der Waals surface area (Å²) in [5, 5.41) is 20.1. The summed E-state index contributed by atoms with van der Waals surface area (Å²) >= 11 is 0. The molecule has 1 saturated heterocycles. The number of nitrogens with one attached hydrogen (secondary N) is 3. The van der Waals surface area contributed by atoms with E-state index >= 15 is 0 Å². The average Bonchev–Trinajstić information content (AvgIpc) is 3.73. The number of aliphatic hydroxyl groups is 1. The van der Waals surface area contributed by atoms with Crippen LogP contribution < -0.4 is 15.8 Å². The lowest BCUT2D eigenvalue weighted by Gasteiger charge is -2.19. The molecule has 2 aliphatic rings. The van der Waals surface area contributed by atoms with Gasteiger partial charge in [-0.1, -0.05) is 42.5 Å². The van der Waals surface area contributed by atoms with Gasteiger partial charge in [0.25, 0.3) is 0 Å². The molecule has 2 aromatic rings. The Morgan fingerprint density at radius 1 is 1.24 bits per heavy atom. The first-order chi connectivity index (χ1) is 15.7. The van der Waals surface area contributed by atoms with E-state index in [9.17, 15) is 18.9 Å². The topological polar surface area (TPSA) is 148 Å². The van der Waals surface area contributed by atoms with Gasteiger partial charge < -0.3 is 21.1 Å². The van der Waals surface area contributed by atoms with Crippen LogP contribution in [-0.4, -0.2) is 62.5 Å². The lowest BCUT2D eigenvalue weighted by Crippen LogP contribution is -2.46. The minimum atomic E-state index is -2.97. The second-order valence-corrected chi connectivity index (χ2v) is 10.5. The molecule has 10 heteroatoms. The third kappa shape index (κ3) is 4.63. The number of carbonyl (C=O) groups excluding carboxylic acids is 2. The molecule has 0 bridgehead atoms. The van der Waals surface area contributed by atoms with Crippen LogP contribution in [0.2, 0.25) is 0 Å². The largest absolute Gasteiger partial charge is 0.394 e. The molecular formula is C23H27N5O4S. The summed E-state index contributed by atoms with van der Waals surface area (Å²) in [4.78, 5) is 27.5. The predicted octanol–water partition coefficient (Wildman–Crippen LogP) is -0.171. The van der Waals surface area contributed by atoms with Crippen molar-refractivity contribution in [1.29, 1.82) is 5.41 Å². The van der Waals surface area contributed by atoms with Crippen molar-refractivity contribution in [3.05, 3.63) is 65.7 Å². The number of benzene rings is 2. The summed E-state index contributed by atoms with van der Waals surface area (Å²) in [5.74, 6) is 2.85. The van der Waals surface area contributed by atoms with Crippen molar-refractivity contribution >= 4 is 33.2 Å². The summed E-state index contributed by atoms with van der Waals surface area (Å²) in [5.41, 5.74) is 6.43. The lowest BCUT2D eigenvalue weighted by molar-refractivity contribution is -0.129. The van der Waals surface area contributed by atoms with E-state index < -0.39 is 27.9 Å². The van der Waals surface area contributed by atoms with E-state index in [1.54, 1.807) is 59.5 Å². The van der Waals surface area contributed by atoms with E-state index in [0.29, 0.717) is 30.0 Å². The predicted molar refractivity (Wildman–Crippen MR) is 126 cm³/mol. The zero-order chi connectivity index (χ0) is 23.8. The van der Waals surface area contributed by atoms with E-state index in [2.05, 4.69) is 15.9 Å². The van der Waals surface area contributed by atoms with Crippen molar-refractivity contribution in [2.75, 3.05) is 13.2 Å². The average molecular weight is 470 g/mol. The van der Waals surface area contributed by atoms with Gasteiger partial charge in [-0.15, -0.1) is 0 Å². The Kier molecular flexibility index (Phi) is 6.00. The molecule has 3 unspecified atom stereocenters. The highest BCUT2D eigenvalue weighted by atomic mass is 32.2. The number of hydrogen-bond donors (Lipinski definition) is 5. The van der Waals surface area contributed by atoms with Crippen LogP contribution in [0.1, 0.15) is 17.5 Å². The number of hydrogen-bond acceptors (Lipinski definition) is 5. The smallest absolute Gasteiger partial charge is 0.243 e. The van der Waals surface area contributed by atoms with Crippen molar-refractivity contribution in [3.8, 4) is 0 Å². The van der Waals surface area contributed by atoms with Crippen LogP contribution in [0.4, 0.5) is 0 Å². The van der Waals surface area contributed by atoms with E-state index in [4.69, 9.17) is 11.1 Å². The highest BCUT2D eigenvalue weighted by Crippen LogP contribution is 2.59. The summed E-state index contributed by atoms with van der Waals surface area (Å²) < 4.78 is 15.6. The van der Waals surface area contributed by atoms with Crippen LogP contribution in [0.25, 0.3) is 0 Å². The fraction of sp³-hybridized carbons (Fsp3) is 0.304. The van der Waals surface area contributed by atoms with Crippen LogP contribution in [0.3, 0.4) is 0 Å². The van der Waals surface area contributed by atoms with Gasteiger partial charge in [-0.25, -0.2) is 8.93 Å². The molecule has 1 spiro atoms. The molecule has 174 valence electrons. The Bertz CT molecular complexity index is 1180. The normalized spacial score (nSPS) is 23.4. The number of carbonyl (C=O) groups is 2. The summed E-state index contributed by atoms with van der Waals surface area (Å²) in [6.45, 7) is 0.232. The van der Waals surface area contributed by atoms with E-state index in [1.165, 1.54) is 0 Å². The molecule has 2 fully saturated rings. The summed E-state index contributed by atoms with van der Waals surface area (Å²) in [7, 11) is -2.97. The Hall–Kier alpha value is -3.21. The van der Waals surface area contributed by atoms with Crippen LogP contribution in [0, 0.1) is 11.3 Å². The SMILES string of the molecule is C=S(=O)(N[C@H](CO)C(=O)N1CC12CC2C(=O)NCc1ccc(C(=N)N)cc1)c1ccccc1. The van der Waals surface area contributed by atoms with Gasteiger partial charge in [-0.2, -0.15) is 0 Å². The number of nitrogens with two attached hydrogens (primary N) is 1. The number of amides is 2. The highest BCUT2D eigenvalue weighted by Gasteiger charge is 2.74. The first-order valence-corrected chi connectivity index (χ1v) is 12.2. The van der Waals surface area contributed by atoms with Crippen LogP contribution in [0.15, 0.2) is 59.5 Å². The van der Waals surface area contributed by atoms with Gasteiger partial charge >= 0.3 is 0 Å². The van der Waals surface area contributed by atoms with Crippen LogP contribution in [0.5, 0.6) is 0 Å². The maximum Gasteiger partial charge on any atom is 0.243 e. The molecule has 1 aliphatic heterocycles. The standard InChI is InChI=1S/C23H27N5O4S/c1-33(32,17-5-3-2-4-6-17)27-19(13-29)22(31)28-14-23(28)11-18(23)21(30)26-12-15-7-9-16(10-8-15)20(24)25/h2-10,18-19,29H,1,11-14H2,(H3,24,25)(H,26,30)(H,27,32)/t18?,19-,23?,28?,33?/m1/s1. The van der Waals surface area contributed by atoms with Crippen LogP contribution >= 0.6 is 0 Å². The van der Waals surface area contributed by atoms with Crippen molar-refractivity contribution in [1.82, 2.24) is 14.9 Å². The van der Waals surface area contributed by atoms with Gasteiger partial charge in [0.05, 0.1) is 27.8 Å². The Morgan fingerprint density at radius 3 is 2.52 bits per heavy atom. The van der Waals surface area contributed by atoms with Crippen molar-refractivity contribution in [2.45, 2.75) is 29.4 Å². The van der Waals surface area contributed by atoms with E-state index in [0.717, 1.165) is 5.56 Å². The van der Waals surface area contributed by atoms with E-state index in [-0.39, 0.29) is 23.6 Å². The molecule has 6 N–H and O–H groups in total. The Morgan fingerprint density at radius 2 is 1.91 bits per heavy atom. The van der Waals surface area contributed by atoms with E-state index in [1.807, 2.05) is 0 Å². The minimum Gasteiger partial charge on any atom is -0.394 e. The van der Waals surface area contributed by atoms with Gasteiger partial charge in [-0.3, -0.25) is 15.0 Å². The first-order valence-electron chi connectivity index (χ1n) is 10.5. The van der Waals surface area contributed by atoms with Crippen molar-refractivity contribution < 1.29 is 18.9 Å². The fourth-order valence-corrected chi connectivity index (χ4v) is 5.41. The lowest BCUT2D eigenvalue weighted by atomic mass is 10.1. The molecule has 1 heterocycles. The summed E-state index contributed by atoms with van der Waals surface area (Å²) in [6, 6.07) is 14.5. The molecule has 1 saturated carbocycles. The Labute approximate surface area is 192 Å². The quantitative estimate of drug-likeness (QED) is 0.150. The maximum absolute atomic E-state index is 12.9. The van der Waals surface area contributed by atoms with Crippen molar-refractivity contribution in [3.63, 3.8) is 0 Å². The van der Waals surface area contributed by atoms with Gasteiger partial charge in [0.1, 0.15) is 11.9 Å². The minimum absolute atomic E-state index is 0.0156. The van der Waals surface area contributed by atoms with Gasteiger partial charge in [0.15, 0.2) is 0 Å². The molecular weight excluding hydrogens is 442 g/mol. The molecule has 2 amide bonds. The first kappa shape index (κ1) is 23.0. The molecule has 1 aliphatic carbocycles. The van der Waals surface area contributed by atoms with Crippen LogP contribution in [-0.2, 0) is 25.8 Å². The van der Waals surface area contributed by atoms with Crippen molar-refractivity contribution in [2.24, 2.45) is 11.7 Å². The number of aliphatic hydroxyl groups excluding tert-OH is 1. The molecule has 4 rings (SSSR count). The third-order valence-electron chi connectivity index (χ3n) is 6.16. The maximum atomic E-state index is 12.9. The third-order valence-corrected chi connectivity index (χ3v) is 7.86. The molecule has 4 atom stereocenters. The number of rotatable bonds is 9. The number of nitrogens with zero attached hydrogens (tertiary/aromatic N) is 1. The zero-order valence-electron chi connectivity index (χ0n) is 18.0. The monoisotopic (exact) mass is 469 g/mol.